The number of rotatable bonds is 5. The third-order valence-electron chi connectivity index (χ3n) is 5.72. The highest BCUT2D eigenvalue weighted by Gasteiger charge is 2.31. The largest absolute Gasteiger partial charge is 0.342 e. The molecule has 3 nitrogen and oxygen atoms in total. The molecule has 0 aromatic heterocycles. The maximum absolute atomic E-state index is 12.2. The van der Waals surface area contributed by atoms with Crippen molar-refractivity contribution in [2.75, 3.05) is 32.7 Å². The van der Waals surface area contributed by atoms with Crippen LogP contribution in [-0.4, -0.2) is 48.4 Å². The van der Waals surface area contributed by atoms with E-state index in [2.05, 4.69) is 30.6 Å². The summed E-state index contributed by atoms with van der Waals surface area (Å²) in [6, 6.07) is 0. The standard InChI is InChI=1S/C18H34N2O/c1-4-10-19-11-6-16(7-12-19)17-8-13-20(14-9-17)18(21)15(3)5-2/h15-17H,4-14H2,1-3H3. The second-order valence-electron chi connectivity index (χ2n) is 7.15. The van der Waals surface area contributed by atoms with Gasteiger partial charge in [-0.1, -0.05) is 20.8 Å². The van der Waals surface area contributed by atoms with Gasteiger partial charge in [-0.2, -0.15) is 0 Å². The molecule has 1 atom stereocenters. The summed E-state index contributed by atoms with van der Waals surface area (Å²) < 4.78 is 0. The van der Waals surface area contributed by atoms with Gasteiger partial charge in [0.25, 0.3) is 0 Å². The first kappa shape index (κ1) is 16.8. The normalized spacial score (nSPS) is 24.2. The van der Waals surface area contributed by atoms with Crippen molar-refractivity contribution < 1.29 is 4.79 Å². The van der Waals surface area contributed by atoms with Crippen LogP contribution in [0.2, 0.25) is 0 Å². The monoisotopic (exact) mass is 294 g/mol. The minimum absolute atomic E-state index is 0.207. The molecule has 1 amide bonds. The SMILES string of the molecule is CCCN1CCC(C2CCN(C(=O)C(C)CC)CC2)CC1. The van der Waals surface area contributed by atoms with Crippen LogP contribution in [0, 0.1) is 17.8 Å². The molecular formula is C18H34N2O. The van der Waals surface area contributed by atoms with Gasteiger partial charge in [0.05, 0.1) is 0 Å². The van der Waals surface area contributed by atoms with E-state index in [1.54, 1.807) is 0 Å². The fraction of sp³-hybridized carbons (Fsp3) is 0.944. The quantitative estimate of drug-likeness (QED) is 0.776. The summed E-state index contributed by atoms with van der Waals surface area (Å²) in [4.78, 5) is 17.0. The molecule has 122 valence electrons. The number of amides is 1. The van der Waals surface area contributed by atoms with Crippen LogP contribution in [0.5, 0.6) is 0 Å². The van der Waals surface area contributed by atoms with Gasteiger partial charge in [0.2, 0.25) is 5.91 Å². The van der Waals surface area contributed by atoms with E-state index in [1.165, 1.54) is 51.7 Å². The lowest BCUT2D eigenvalue weighted by Gasteiger charge is -2.40. The van der Waals surface area contributed by atoms with E-state index in [9.17, 15) is 4.79 Å². The first-order valence-electron chi connectivity index (χ1n) is 9.16. The molecule has 0 saturated carbocycles. The molecule has 0 aliphatic carbocycles. The lowest BCUT2D eigenvalue weighted by atomic mass is 9.78. The van der Waals surface area contributed by atoms with Crippen molar-refractivity contribution in [3.8, 4) is 0 Å². The van der Waals surface area contributed by atoms with Crippen molar-refractivity contribution in [1.82, 2.24) is 9.80 Å². The molecule has 0 bridgehead atoms. The molecule has 21 heavy (non-hydrogen) atoms. The molecule has 0 spiro atoms. The average Bonchev–Trinajstić information content (AvgIpc) is 2.54. The number of likely N-dealkylation sites (tertiary alicyclic amines) is 2. The summed E-state index contributed by atoms with van der Waals surface area (Å²) in [5.74, 6) is 2.38. The van der Waals surface area contributed by atoms with E-state index >= 15 is 0 Å². The Morgan fingerprint density at radius 1 is 1.00 bits per heavy atom. The van der Waals surface area contributed by atoms with E-state index in [0.29, 0.717) is 5.91 Å². The van der Waals surface area contributed by atoms with Gasteiger partial charge in [-0.3, -0.25) is 4.79 Å². The second kappa shape index (κ2) is 8.17. The molecule has 0 N–H and O–H groups in total. The number of hydrogen-bond acceptors (Lipinski definition) is 2. The number of nitrogens with zero attached hydrogens (tertiary/aromatic N) is 2. The lowest BCUT2D eigenvalue weighted by molar-refractivity contribution is -0.136. The van der Waals surface area contributed by atoms with Crippen LogP contribution < -0.4 is 0 Å². The number of carbonyl (C=O) groups excluding carboxylic acids is 1. The third kappa shape index (κ3) is 4.45. The van der Waals surface area contributed by atoms with E-state index in [4.69, 9.17) is 0 Å². The van der Waals surface area contributed by atoms with E-state index in [0.717, 1.165) is 31.3 Å². The molecule has 2 fully saturated rings. The minimum atomic E-state index is 0.207. The van der Waals surface area contributed by atoms with Crippen LogP contribution in [-0.2, 0) is 4.79 Å². The molecule has 3 heteroatoms. The molecule has 2 aliphatic heterocycles. The Bertz CT molecular complexity index is 315. The summed E-state index contributed by atoms with van der Waals surface area (Å²) >= 11 is 0. The van der Waals surface area contributed by atoms with Crippen LogP contribution >= 0.6 is 0 Å². The average molecular weight is 294 g/mol. The van der Waals surface area contributed by atoms with E-state index < -0.39 is 0 Å². The van der Waals surface area contributed by atoms with Gasteiger partial charge in [-0.05, 0) is 70.0 Å². The van der Waals surface area contributed by atoms with Crippen LogP contribution in [0.4, 0.5) is 0 Å². The Balaban J connectivity index is 1.73. The number of piperidine rings is 2. The zero-order valence-corrected chi connectivity index (χ0v) is 14.3. The van der Waals surface area contributed by atoms with Gasteiger partial charge in [0.1, 0.15) is 0 Å². The number of carbonyl (C=O) groups is 1. The first-order chi connectivity index (χ1) is 10.2. The summed E-state index contributed by atoms with van der Waals surface area (Å²) in [6.07, 6.45) is 7.48. The predicted octanol–water partition coefficient (Wildman–Crippen LogP) is 3.39. The molecule has 0 aromatic rings. The molecule has 2 aliphatic rings. The van der Waals surface area contributed by atoms with Crippen LogP contribution in [0.15, 0.2) is 0 Å². The van der Waals surface area contributed by atoms with Crippen molar-refractivity contribution in [3.05, 3.63) is 0 Å². The van der Waals surface area contributed by atoms with Crippen LogP contribution in [0.3, 0.4) is 0 Å². The van der Waals surface area contributed by atoms with Crippen LogP contribution in [0.25, 0.3) is 0 Å². The van der Waals surface area contributed by atoms with Gasteiger partial charge in [-0.15, -0.1) is 0 Å². The maximum atomic E-state index is 12.2. The van der Waals surface area contributed by atoms with Gasteiger partial charge >= 0.3 is 0 Å². The fourth-order valence-electron chi connectivity index (χ4n) is 4.04. The Kier molecular flexibility index (Phi) is 6.53. The summed E-state index contributed by atoms with van der Waals surface area (Å²) in [7, 11) is 0. The fourth-order valence-corrected chi connectivity index (χ4v) is 4.04. The highest BCUT2D eigenvalue weighted by Crippen LogP contribution is 2.32. The van der Waals surface area contributed by atoms with Crippen molar-refractivity contribution in [2.45, 2.75) is 59.3 Å². The van der Waals surface area contributed by atoms with E-state index in [1.807, 2.05) is 0 Å². The van der Waals surface area contributed by atoms with Crippen LogP contribution in [0.1, 0.15) is 59.3 Å². The topological polar surface area (TPSA) is 23.6 Å². The molecule has 0 aromatic carbocycles. The Morgan fingerprint density at radius 3 is 2.00 bits per heavy atom. The molecule has 2 rings (SSSR count). The second-order valence-corrected chi connectivity index (χ2v) is 7.15. The molecular weight excluding hydrogens is 260 g/mol. The van der Waals surface area contributed by atoms with Gasteiger partial charge in [0.15, 0.2) is 0 Å². The summed E-state index contributed by atoms with van der Waals surface area (Å²) in [6.45, 7) is 12.3. The predicted molar refractivity (Wildman–Crippen MR) is 88.2 cm³/mol. The van der Waals surface area contributed by atoms with Crippen molar-refractivity contribution in [1.29, 1.82) is 0 Å². The lowest BCUT2D eigenvalue weighted by Crippen LogP contribution is -2.44. The Labute approximate surface area is 131 Å². The third-order valence-corrected chi connectivity index (χ3v) is 5.72. The summed E-state index contributed by atoms with van der Waals surface area (Å²) in [5.41, 5.74) is 0. The molecule has 2 saturated heterocycles. The maximum Gasteiger partial charge on any atom is 0.225 e. The van der Waals surface area contributed by atoms with Gasteiger partial charge in [0, 0.05) is 19.0 Å². The Hall–Kier alpha value is -0.570. The zero-order valence-electron chi connectivity index (χ0n) is 14.3. The van der Waals surface area contributed by atoms with Gasteiger partial charge in [-0.25, -0.2) is 0 Å². The Morgan fingerprint density at radius 2 is 1.52 bits per heavy atom. The zero-order chi connectivity index (χ0) is 15.2. The van der Waals surface area contributed by atoms with Crippen molar-refractivity contribution in [3.63, 3.8) is 0 Å². The van der Waals surface area contributed by atoms with Crippen molar-refractivity contribution >= 4 is 5.91 Å². The van der Waals surface area contributed by atoms with E-state index in [-0.39, 0.29) is 5.92 Å². The first-order valence-corrected chi connectivity index (χ1v) is 9.16. The highest BCUT2D eigenvalue weighted by molar-refractivity contribution is 5.78. The smallest absolute Gasteiger partial charge is 0.225 e. The molecule has 2 heterocycles. The minimum Gasteiger partial charge on any atom is -0.342 e. The highest BCUT2D eigenvalue weighted by atomic mass is 16.2. The van der Waals surface area contributed by atoms with Gasteiger partial charge < -0.3 is 9.80 Å². The molecule has 0 radical (unpaired) electrons. The molecule has 1 unspecified atom stereocenters. The summed E-state index contributed by atoms with van der Waals surface area (Å²) in [5, 5.41) is 0. The number of hydrogen-bond donors (Lipinski definition) is 0. The van der Waals surface area contributed by atoms with Crippen molar-refractivity contribution in [2.24, 2.45) is 17.8 Å².